The molecule has 15 nitrogen and oxygen atoms in total. The van der Waals surface area contributed by atoms with Crippen molar-refractivity contribution in [2.24, 2.45) is 0 Å². The number of aromatic hydroxyl groups is 1. The molecule has 3 N–H and O–H groups in total. The summed E-state index contributed by atoms with van der Waals surface area (Å²) < 4.78 is 29.6. The Labute approximate surface area is 297 Å². The van der Waals surface area contributed by atoms with Crippen LogP contribution in [0.3, 0.4) is 0 Å². The van der Waals surface area contributed by atoms with Crippen LogP contribution in [0.5, 0.6) is 28.7 Å². The smallest absolute Gasteiger partial charge is 0.329 e. The normalized spacial score (nSPS) is 27.6. The van der Waals surface area contributed by atoms with Crippen molar-refractivity contribution in [2.45, 2.75) is 81.5 Å². The number of aliphatic carboxylic acids is 1. The lowest BCUT2D eigenvalue weighted by atomic mass is 9.71. The van der Waals surface area contributed by atoms with Gasteiger partial charge >= 0.3 is 17.9 Å². The molecule has 7 rings (SSSR count). The molecule has 16 heteroatoms. The Kier molecular flexibility index (Phi) is 8.93. The van der Waals surface area contributed by atoms with Gasteiger partial charge in [-0.15, -0.1) is 11.8 Å². The summed E-state index contributed by atoms with van der Waals surface area (Å²) >= 11 is 1.30. The minimum Gasteiger partial charge on any atom is -0.504 e. The van der Waals surface area contributed by atoms with Gasteiger partial charge in [0.1, 0.15) is 24.4 Å². The number of hydrogen-bond donors (Lipinski definition) is 3. The Morgan fingerprint density at radius 2 is 1.86 bits per heavy atom. The van der Waals surface area contributed by atoms with Gasteiger partial charge in [-0.25, -0.2) is 4.79 Å². The highest BCUT2D eigenvalue weighted by Crippen LogP contribution is 2.64. The highest BCUT2D eigenvalue weighted by Gasteiger charge is 2.60. The quantitative estimate of drug-likeness (QED) is 0.290. The zero-order valence-corrected chi connectivity index (χ0v) is 29.5. The van der Waals surface area contributed by atoms with Gasteiger partial charge in [-0.3, -0.25) is 24.2 Å². The summed E-state index contributed by atoms with van der Waals surface area (Å²) in [5.41, 5.74) is 3.99. The molecule has 5 heterocycles. The predicted molar refractivity (Wildman–Crippen MR) is 179 cm³/mol. The van der Waals surface area contributed by atoms with E-state index in [2.05, 4.69) is 21.2 Å². The van der Waals surface area contributed by atoms with Gasteiger partial charge in [0.2, 0.25) is 12.7 Å². The predicted octanol–water partition coefficient (Wildman–Crippen LogP) is 2.58. The molecule has 2 unspecified atom stereocenters. The van der Waals surface area contributed by atoms with Gasteiger partial charge in [0.25, 0.3) is 0 Å². The van der Waals surface area contributed by atoms with Crippen molar-refractivity contribution in [2.75, 3.05) is 33.3 Å². The van der Waals surface area contributed by atoms with Crippen LogP contribution in [0.4, 0.5) is 0 Å². The largest absolute Gasteiger partial charge is 0.504 e. The minimum atomic E-state index is -1.15. The Morgan fingerprint density at radius 3 is 2.55 bits per heavy atom. The van der Waals surface area contributed by atoms with Crippen LogP contribution in [0.1, 0.15) is 70.5 Å². The third kappa shape index (κ3) is 5.49. The zero-order valence-electron chi connectivity index (χ0n) is 28.7. The Morgan fingerprint density at radius 1 is 1.12 bits per heavy atom. The number of cyclic esters (lactones) is 1. The van der Waals surface area contributed by atoms with Crippen molar-refractivity contribution >= 4 is 35.6 Å². The second-order valence-corrected chi connectivity index (χ2v) is 14.6. The summed E-state index contributed by atoms with van der Waals surface area (Å²) in [5, 5.41) is 33.9. The second-order valence-electron chi connectivity index (χ2n) is 13.4. The Bertz CT molecular complexity index is 1900. The molecular formula is C35H38N4O11S. The van der Waals surface area contributed by atoms with Crippen LogP contribution >= 0.6 is 11.8 Å². The summed E-state index contributed by atoms with van der Waals surface area (Å²) in [6.07, 6.45) is -0.289. The number of benzene rings is 2. The fourth-order valence-electron chi connectivity index (χ4n) is 8.55. The number of nitrogens with zero attached hydrogens (tertiary/aromatic N) is 3. The first-order chi connectivity index (χ1) is 24.4. The third-order valence-electron chi connectivity index (χ3n) is 10.6. The molecule has 2 saturated heterocycles. The summed E-state index contributed by atoms with van der Waals surface area (Å²) in [4.78, 5) is 54.5. The van der Waals surface area contributed by atoms with Crippen LogP contribution in [-0.2, 0) is 30.3 Å². The highest BCUT2D eigenvalue weighted by atomic mass is 32.2. The molecule has 5 aliphatic rings. The van der Waals surface area contributed by atoms with Gasteiger partial charge in [-0.2, -0.15) is 5.26 Å². The number of carboxylic acids is 1. The number of piperazine rings is 1. The number of phenols is 1. The van der Waals surface area contributed by atoms with Gasteiger partial charge in [0, 0.05) is 53.4 Å². The summed E-state index contributed by atoms with van der Waals surface area (Å²) in [7, 11) is 3.42. The van der Waals surface area contributed by atoms with E-state index >= 15 is 0 Å². The monoisotopic (exact) mass is 722 g/mol. The number of phenolic OH excluding ortho intramolecular Hbond substituents is 1. The van der Waals surface area contributed by atoms with E-state index in [9.17, 15) is 29.5 Å². The Hall–Kier alpha value is -4.72. The number of amides is 1. The first kappa shape index (κ1) is 34.7. The van der Waals surface area contributed by atoms with E-state index < -0.39 is 65.7 Å². The number of methoxy groups -OCH3 is 1. The van der Waals surface area contributed by atoms with Gasteiger partial charge in [0.15, 0.2) is 23.0 Å². The lowest BCUT2D eigenvalue weighted by Gasteiger charge is -2.61. The number of ether oxygens (including phenoxy) is 5. The topological polar surface area (TPSA) is 197 Å². The maximum Gasteiger partial charge on any atom is 0.329 e. The molecule has 0 saturated carbocycles. The first-order valence-electron chi connectivity index (χ1n) is 16.6. The number of nitriles is 1. The molecule has 2 fully saturated rings. The van der Waals surface area contributed by atoms with Crippen molar-refractivity contribution in [1.29, 1.82) is 5.26 Å². The molecule has 0 aliphatic carbocycles. The molecule has 51 heavy (non-hydrogen) atoms. The number of carbonyl (C=O) groups is 4. The number of hydrogen-bond acceptors (Lipinski definition) is 14. The van der Waals surface area contributed by atoms with Gasteiger partial charge < -0.3 is 39.2 Å². The van der Waals surface area contributed by atoms with E-state index in [1.807, 2.05) is 20.0 Å². The van der Waals surface area contributed by atoms with Gasteiger partial charge in [-0.1, -0.05) is 6.07 Å². The molecule has 0 spiro atoms. The number of fused-ring (bicyclic) bond motifs is 9. The van der Waals surface area contributed by atoms with E-state index in [1.54, 1.807) is 6.92 Å². The molecule has 2 aromatic rings. The van der Waals surface area contributed by atoms with Crippen molar-refractivity contribution in [3.05, 3.63) is 39.4 Å². The van der Waals surface area contributed by atoms with Crippen molar-refractivity contribution in [1.82, 2.24) is 15.1 Å². The van der Waals surface area contributed by atoms with Crippen molar-refractivity contribution in [3.8, 4) is 34.8 Å². The van der Waals surface area contributed by atoms with Gasteiger partial charge in [0.05, 0.1) is 36.9 Å². The molecule has 4 bridgehead atoms. The highest BCUT2D eigenvalue weighted by molar-refractivity contribution is 7.99. The molecule has 2 aromatic carbocycles. The van der Waals surface area contributed by atoms with E-state index in [0.717, 1.165) is 11.1 Å². The maximum absolute atomic E-state index is 13.6. The van der Waals surface area contributed by atoms with Crippen LogP contribution in [0.15, 0.2) is 6.07 Å². The van der Waals surface area contributed by atoms with Crippen LogP contribution in [-0.4, -0.2) is 101 Å². The molecule has 270 valence electrons. The Balaban J connectivity index is 1.47. The second kappa shape index (κ2) is 13.1. The van der Waals surface area contributed by atoms with Crippen LogP contribution < -0.4 is 24.3 Å². The standard InChI is InChI=1S/C35H38N4O11S/c1-14-8-17-9-19-20(10-36)39-21-11-47-35(45)18(37-22(41)6-7-23(42)43)12-51-34(28(39)27(38(19)4)24(17)29(44)30(14)46-5)26-25(21)33-32(48-13-49-33)15(2)31(26)50-16(3)40/h8,18-21,27-28,34,44H,6-7,9,11-13H2,1-5H3,(H,37,41)(H,42,43)/t18?,19-,20-,21-,27+,28?,34+/m0/s1. The lowest BCUT2D eigenvalue weighted by molar-refractivity contribution is -0.152. The first-order valence-corrected chi connectivity index (χ1v) is 17.6. The van der Waals surface area contributed by atoms with E-state index in [-0.39, 0.29) is 43.1 Å². The van der Waals surface area contributed by atoms with Crippen molar-refractivity contribution < 1.29 is 53.1 Å². The fraction of sp³-hybridized carbons (Fsp3) is 0.514. The summed E-state index contributed by atoms with van der Waals surface area (Å²) in [6.45, 7) is 4.56. The average molecular weight is 723 g/mol. The summed E-state index contributed by atoms with van der Waals surface area (Å²) in [6, 6.07) is 0.417. The molecule has 5 aliphatic heterocycles. The number of carbonyl (C=O) groups excluding carboxylic acids is 3. The number of thioether (sulfide) groups is 1. The van der Waals surface area contributed by atoms with E-state index in [1.165, 1.54) is 25.8 Å². The van der Waals surface area contributed by atoms with Crippen LogP contribution in [0.2, 0.25) is 0 Å². The number of rotatable bonds is 6. The lowest BCUT2D eigenvalue weighted by Crippen LogP contribution is -2.69. The fourth-order valence-corrected chi connectivity index (χ4v) is 10.1. The number of likely N-dealkylation sites (N-methyl/N-ethyl adjacent to an activating group) is 1. The number of aryl methyl sites for hydroxylation is 1. The zero-order chi connectivity index (χ0) is 36.5. The molecule has 1 amide bonds. The van der Waals surface area contributed by atoms with Crippen molar-refractivity contribution in [3.63, 3.8) is 0 Å². The number of nitrogens with one attached hydrogen (secondary N) is 1. The maximum atomic E-state index is 13.6. The van der Waals surface area contributed by atoms with Crippen LogP contribution in [0, 0.1) is 25.2 Å². The van der Waals surface area contributed by atoms with E-state index in [4.69, 9.17) is 28.8 Å². The number of carboxylic acid groups (broad SMARTS) is 1. The summed E-state index contributed by atoms with van der Waals surface area (Å²) in [5.74, 6) is -1.69. The minimum absolute atomic E-state index is 0.00609. The van der Waals surface area contributed by atoms with Gasteiger partial charge in [-0.05, 0) is 38.4 Å². The third-order valence-corrected chi connectivity index (χ3v) is 12.0. The molecule has 7 atom stereocenters. The molecule has 0 aromatic heterocycles. The number of esters is 2. The molecular weight excluding hydrogens is 684 g/mol. The molecule has 0 radical (unpaired) electrons. The SMILES string of the molecule is COc1c(C)cc2c(c1O)[C@@H]1C3[C@@H]4SCC(NC(=O)CCC(=O)O)C(=O)OC[C@@H](c5c6c(c(C)c(OC(C)=O)c54)OCO6)N3[C@@H](C#N)[C@H](C2)N1C. The van der Waals surface area contributed by atoms with E-state index in [0.29, 0.717) is 45.9 Å². The van der Waals surface area contributed by atoms with Crippen LogP contribution in [0.25, 0.3) is 0 Å². The average Bonchev–Trinajstić information content (AvgIpc) is 3.57.